The van der Waals surface area contributed by atoms with E-state index in [0.29, 0.717) is 6.42 Å². The molecule has 1 unspecified atom stereocenters. The van der Waals surface area contributed by atoms with Gasteiger partial charge in [-0.1, -0.05) is 13.8 Å². The van der Waals surface area contributed by atoms with Gasteiger partial charge in [0.05, 0.1) is 6.10 Å². The van der Waals surface area contributed by atoms with Crippen molar-refractivity contribution in [2.24, 2.45) is 5.92 Å². The second-order valence-electron chi connectivity index (χ2n) is 5.40. The van der Waals surface area contributed by atoms with E-state index in [9.17, 15) is 19.5 Å². The number of aliphatic hydroxyl groups excluding tert-OH is 1. The molecule has 1 rings (SSSR count). The van der Waals surface area contributed by atoms with Crippen LogP contribution in [0.3, 0.4) is 0 Å². The van der Waals surface area contributed by atoms with E-state index in [4.69, 9.17) is 0 Å². The van der Waals surface area contributed by atoms with Crippen molar-refractivity contribution < 1.29 is 19.5 Å². The largest absolute Gasteiger partial charge is 0.391 e. The molecule has 1 heterocycles. The van der Waals surface area contributed by atoms with Gasteiger partial charge in [-0.25, -0.2) is 4.79 Å². The summed E-state index contributed by atoms with van der Waals surface area (Å²) in [5, 5.41) is 12.2. The summed E-state index contributed by atoms with van der Waals surface area (Å²) in [6.45, 7) is 4.32. The highest BCUT2D eigenvalue weighted by Crippen LogP contribution is 2.09. The third kappa shape index (κ3) is 4.48. The zero-order chi connectivity index (χ0) is 15.3. The van der Waals surface area contributed by atoms with Crippen LogP contribution >= 0.6 is 0 Å². The Kier molecular flexibility index (Phi) is 5.94. The lowest BCUT2D eigenvalue weighted by molar-refractivity contribution is -0.126. The monoisotopic (exact) mass is 285 g/mol. The van der Waals surface area contributed by atoms with Crippen molar-refractivity contribution in [2.45, 2.75) is 32.8 Å². The number of imide groups is 1. The van der Waals surface area contributed by atoms with E-state index in [1.807, 2.05) is 13.8 Å². The number of likely N-dealkylation sites (N-methyl/N-ethyl adjacent to an activating group) is 1. The number of nitrogens with zero attached hydrogens (tertiary/aromatic N) is 2. The molecule has 0 radical (unpaired) electrons. The first-order chi connectivity index (χ1) is 9.32. The van der Waals surface area contributed by atoms with Crippen molar-refractivity contribution in [3.8, 4) is 0 Å². The fourth-order valence-corrected chi connectivity index (χ4v) is 1.83. The van der Waals surface area contributed by atoms with Gasteiger partial charge in [0.25, 0.3) is 0 Å². The summed E-state index contributed by atoms with van der Waals surface area (Å²) in [7, 11) is 1.57. The number of carbonyl (C=O) groups excluding carboxylic acids is 3. The van der Waals surface area contributed by atoms with Crippen molar-refractivity contribution >= 4 is 17.8 Å². The van der Waals surface area contributed by atoms with Crippen molar-refractivity contribution in [3.05, 3.63) is 0 Å². The Balaban J connectivity index is 2.22. The number of urea groups is 1. The van der Waals surface area contributed by atoms with Crippen molar-refractivity contribution in [3.63, 3.8) is 0 Å². The molecule has 0 aromatic carbocycles. The maximum atomic E-state index is 11.6. The third-order valence-corrected chi connectivity index (χ3v) is 3.29. The maximum absolute atomic E-state index is 11.6. The van der Waals surface area contributed by atoms with E-state index in [1.54, 1.807) is 7.05 Å². The fourth-order valence-electron chi connectivity index (χ4n) is 1.83. The molecular formula is C13H23N3O4. The average molecular weight is 285 g/mol. The van der Waals surface area contributed by atoms with E-state index in [2.05, 4.69) is 5.32 Å². The quantitative estimate of drug-likeness (QED) is 0.634. The molecule has 1 atom stereocenters. The van der Waals surface area contributed by atoms with E-state index in [-0.39, 0.29) is 49.8 Å². The van der Waals surface area contributed by atoms with Gasteiger partial charge in [0.1, 0.15) is 6.54 Å². The molecule has 0 spiro atoms. The van der Waals surface area contributed by atoms with Crippen LogP contribution in [0.4, 0.5) is 4.79 Å². The summed E-state index contributed by atoms with van der Waals surface area (Å²) >= 11 is 0. The van der Waals surface area contributed by atoms with Gasteiger partial charge in [0.2, 0.25) is 11.8 Å². The third-order valence-electron chi connectivity index (χ3n) is 3.29. The predicted octanol–water partition coefficient (Wildman–Crippen LogP) is -0.206. The summed E-state index contributed by atoms with van der Waals surface area (Å²) in [4.78, 5) is 37.1. The molecule has 2 N–H and O–H groups in total. The smallest absolute Gasteiger partial charge is 0.326 e. The Labute approximate surface area is 118 Å². The van der Waals surface area contributed by atoms with Crippen LogP contribution in [0.25, 0.3) is 0 Å². The number of amides is 4. The summed E-state index contributed by atoms with van der Waals surface area (Å²) in [6, 6.07) is -0.314. The van der Waals surface area contributed by atoms with Gasteiger partial charge in [-0.15, -0.1) is 0 Å². The first-order valence-electron chi connectivity index (χ1n) is 6.83. The number of rotatable bonds is 7. The van der Waals surface area contributed by atoms with Gasteiger partial charge in [-0.05, 0) is 12.3 Å². The lowest BCUT2D eigenvalue weighted by Gasteiger charge is -2.16. The molecule has 1 aliphatic rings. The molecule has 20 heavy (non-hydrogen) atoms. The van der Waals surface area contributed by atoms with Crippen LogP contribution in [-0.2, 0) is 9.59 Å². The average Bonchev–Trinajstić information content (AvgIpc) is 2.62. The molecule has 0 bridgehead atoms. The first-order valence-corrected chi connectivity index (χ1v) is 6.83. The van der Waals surface area contributed by atoms with Gasteiger partial charge in [-0.3, -0.25) is 14.5 Å². The van der Waals surface area contributed by atoms with E-state index < -0.39 is 6.10 Å². The van der Waals surface area contributed by atoms with E-state index >= 15 is 0 Å². The molecule has 1 saturated heterocycles. The molecule has 7 heteroatoms. The van der Waals surface area contributed by atoms with Crippen LogP contribution < -0.4 is 5.32 Å². The van der Waals surface area contributed by atoms with Gasteiger partial charge in [-0.2, -0.15) is 0 Å². The lowest BCUT2D eigenvalue weighted by Crippen LogP contribution is -2.36. The molecule has 1 aliphatic heterocycles. The van der Waals surface area contributed by atoms with Crippen LogP contribution in [-0.4, -0.2) is 65.5 Å². The number of nitrogens with one attached hydrogen (secondary N) is 1. The summed E-state index contributed by atoms with van der Waals surface area (Å²) in [6.07, 6.45) is 0.0925. The molecule has 114 valence electrons. The first kappa shape index (κ1) is 16.4. The Bertz CT molecular complexity index is 384. The van der Waals surface area contributed by atoms with Crippen LogP contribution in [0.15, 0.2) is 0 Å². The highest BCUT2D eigenvalue weighted by Gasteiger charge is 2.32. The van der Waals surface area contributed by atoms with E-state index in [0.717, 1.165) is 4.90 Å². The molecule has 0 aromatic heterocycles. The van der Waals surface area contributed by atoms with Gasteiger partial charge in [0.15, 0.2) is 0 Å². The zero-order valence-corrected chi connectivity index (χ0v) is 12.3. The zero-order valence-electron chi connectivity index (χ0n) is 12.3. The highest BCUT2D eigenvalue weighted by molar-refractivity contribution is 6.01. The second kappa shape index (κ2) is 7.23. The SMILES string of the molecule is CC(C)C(O)CNC(=O)CCCN1C(=O)CN(C)C1=O. The fraction of sp³-hybridized carbons (Fsp3) is 0.769. The second-order valence-corrected chi connectivity index (χ2v) is 5.40. The van der Waals surface area contributed by atoms with Crippen LogP contribution in [0.2, 0.25) is 0 Å². The van der Waals surface area contributed by atoms with Crippen molar-refractivity contribution in [2.75, 3.05) is 26.7 Å². The van der Waals surface area contributed by atoms with Gasteiger partial charge in [0, 0.05) is 26.6 Å². The molecule has 1 fully saturated rings. The molecular weight excluding hydrogens is 262 g/mol. The van der Waals surface area contributed by atoms with Gasteiger partial charge < -0.3 is 15.3 Å². The number of carbonyl (C=O) groups is 3. The number of aliphatic hydroxyl groups is 1. The number of hydrogen-bond donors (Lipinski definition) is 2. The maximum Gasteiger partial charge on any atom is 0.326 e. The summed E-state index contributed by atoms with van der Waals surface area (Å²) in [5.74, 6) is -0.323. The summed E-state index contributed by atoms with van der Waals surface area (Å²) in [5.41, 5.74) is 0. The molecule has 0 saturated carbocycles. The van der Waals surface area contributed by atoms with Crippen molar-refractivity contribution in [1.82, 2.24) is 15.1 Å². The summed E-state index contributed by atoms with van der Waals surface area (Å²) < 4.78 is 0. The van der Waals surface area contributed by atoms with Gasteiger partial charge >= 0.3 is 6.03 Å². The number of hydrogen-bond acceptors (Lipinski definition) is 4. The Morgan fingerprint density at radius 3 is 2.55 bits per heavy atom. The predicted molar refractivity (Wildman–Crippen MR) is 72.8 cm³/mol. The minimum Gasteiger partial charge on any atom is -0.391 e. The van der Waals surface area contributed by atoms with Crippen LogP contribution in [0.1, 0.15) is 26.7 Å². The Hall–Kier alpha value is -1.63. The van der Waals surface area contributed by atoms with Crippen LogP contribution in [0.5, 0.6) is 0 Å². The Morgan fingerprint density at radius 2 is 2.05 bits per heavy atom. The van der Waals surface area contributed by atoms with Crippen molar-refractivity contribution in [1.29, 1.82) is 0 Å². The van der Waals surface area contributed by atoms with Crippen LogP contribution in [0, 0.1) is 5.92 Å². The molecule has 4 amide bonds. The van der Waals surface area contributed by atoms with E-state index in [1.165, 1.54) is 4.90 Å². The Morgan fingerprint density at radius 1 is 1.40 bits per heavy atom. The molecule has 0 aliphatic carbocycles. The highest BCUT2D eigenvalue weighted by atomic mass is 16.3. The minimum atomic E-state index is -0.561. The topological polar surface area (TPSA) is 89.9 Å². The molecule has 7 nitrogen and oxygen atoms in total. The normalized spacial score (nSPS) is 17.1. The lowest BCUT2D eigenvalue weighted by atomic mass is 10.1. The minimum absolute atomic E-state index is 0.0886. The molecule has 0 aromatic rings. The standard InChI is InChI=1S/C13H23N3O4/c1-9(2)10(17)7-14-11(18)5-4-6-16-12(19)8-15(3)13(16)20/h9-10,17H,4-8H2,1-3H3,(H,14,18).